The molecule has 0 aliphatic carbocycles. The number of rotatable bonds is 5. The number of amides is 1. The minimum absolute atomic E-state index is 0.252. The van der Waals surface area contributed by atoms with E-state index in [1.54, 1.807) is 13.3 Å². The van der Waals surface area contributed by atoms with Crippen LogP contribution in [0.3, 0.4) is 0 Å². The zero-order valence-corrected chi connectivity index (χ0v) is 16.6. The van der Waals surface area contributed by atoms with E-state index in [-0.39, 0.29) is 5.91 Å². The van der Waals surface area contributed by atoms with Gasteiger partial charge in [0.1, 0.15) is 6.26 Å². The number of hydrogen-bond donors (Lipinski definition) is 1. The first kappa shape index (κ1) is 19.7. The summed E-state index contributed by atoms with van der Waals surface area (Å²) in [7, 11) is 1.80. The Morgan fingerprint density at radius 2 is 2.11 bits per heavy atom. The summed E-state index contributed by atoms with van der Waals surface area (Å²) in [6, 6.07) is 2.29. The van der Waals surface area contributed by atoms with Gasteiger partial charge < -0.3 is 19.6 Å². The van der Waals surface area contributed by atoms with Crippen molar-refractivity contribution >= 4 is 11.9 Å². The maximum atomic E-state index is 12.5. The Labute approximate surface area is 161 Å². The van der Waals surface area contributed by atoms with Gasteiger partial charge in [-0.2, -0.15) is 0 Å². The lowest BCUT2D eigenvalue weighted by Gasteiger charge is -2.36. The molecule has 2 saturated heterocycles. The van der Waals surface area contributed by atoms with E-state index in [1.165, 1.54) is 6.42 Å². The van der Waals surface area contributed by atoms with Crippen molar-refractivity contribution in [1.82, 2.24) is 25.2 Å². The Balaban J connectivity index is 1.38. The molecule has 3 rings (SSSR count). The Kier molecular flexibility index (Phi) is 7.09. The van der Waals surface area contributed by atoms with Crippen LogP contribution in [0.2, 0.25) is 0 Å². The average Bonchev–Trinajstić information content (AvgIpc) is 3.19. The second-order valence-electron chi connectivity index (χ2n) is 7.41. The quantitative estimate of drug-likeness (QED) is 0.614. The smallest absolute Gasteiger partial charge is 0.224 e. The van der Waals surface area contributed by atoms with Gasteiger partial charge >= 0.3 is 0 Å². The lowest BCUT2D eigenvalue weighted by atomic mass is 10.0. The van der Waals surface area contributed by atoms with Crippen LogP contribution in [0, 0.1) is 0 Å². The third-order valence-corrected chi connectivity index (χ3v) is 5.51. The number of nitrogens with one attached hydrogen (secondary N) is 1. The summed E-state index contributed by atoms with van der Waals surface area (Å²) in [6.45, 7) is 8.25. The van der Waals surface area contributed by atoms with Crippen LogP contribution in [0.15, 0.2) is 21.8 Å². The molecule has 150 valence electrons. The van der Waals surface area contributed by atoms with Crippen molar-refractivity contribution in [3.63, 3.8) is 0 Å². The lowest BCUT2D eigenvalue weighted by Crippen LogP contribution is -2.52. The van der Waals surface area contributed by atoms with Crippen LogP contribution in [0.4, 0.5) is 0 Å². The number of guanidine groups is 1. The highest BCUT2D eigenvalue weighted by Crippen LogP contribution is 2.17. The fourth-order valence-electron chi connectivity index (χ4n) is 3.89. The van der Waals surface area contributed by atoms with Gasteiger partial charge in [0, 0.05) is 71.4 Å². The molecule has 2 fully saturated rings. The predicted octanol–water partition coefficient (Wildman–Crippen LogP) is 1.16. The van der Waals surface area contributed by atoms with Crippen LogP contribution in [0.25, 0.3) is 0 Å². The summed E-state index contributed by atoms with van der Waals surface area (Å²) in [5.41, 5.74) is 0.969. The van der Waals surface area contributed by atoms with E-state index in [0.717, 1.165) is 63.8 Å². The first-order valence-corrected chi connectivity index (χ1v) is 10.0. The van der Waals surface area contributed by atoms with Gasteiger partial charge in [-0.05, 0) is 26.2 Å². The average molecular weight is 377 g/mol. The zero-order valence-electron chi connectivity index (χ0n) is 16.6. The zero-order chi connectivity index (χ0) is 19.1. The van der Waals surface area contributed by atoms with E-state index < -0.39 is 0 Å². The van der Waals surface area contributed by atoms with Gasteiger partial charge in [-0.3, -0.25) is 14.7 Å². The van der Waals surface area contributed by atoms with Crippen LogP contribution in [-0.4, -0.2) is 84.1 Å². The molecule has 2 aliphatic heterocycles. The SMILES string of the molecule is CN=C(NCCC(=O)N1CCCCC1C)N1CCN(Cc2ccon2)CC1. The molecule has 0 bridgehead atoms. The lowest BCUT2D eigenvalue weighted by molar-refractivity contribution is -0.134. The predicted molar refractivity (Wildman–Crippen MR) is 104 cm³/mol. The van der Waals surface area contributed by atoms with E-state index in [9.17, 15) is 4.79 Å². The van der Waals surface area contributed by atoms with E-state index in [0.29, 0.717) is 19.0 Å². The molecule has 1 N–H and O–H groups in total. The Morgan fingerprint density at radius 3 is 2.78 bits per heavy atom. The van der Waals surface area contributed by atoms with E-state index in [4.69, 9.17) is 4.52 Å². The van der Waals surface area contributed by atoms with Gasteiger partial charge in [0.25, 0.3) is 0 Å². The Hall–Kier alpha value is -2.09. The third kappa shape index (κ3) is 5.45. The Bertz CT molecular complexity index is 610. The second kappa shape index (κ2) is 9.73. The summed E-state index contributed by atoms with van der Waals surface area (Å²) in [6.07, 6.45) is 5.63. The summed E-state index contributed by atoms with van der Waals surface area (Å²) in [5, 5.41) is 7.35. The summed E-state index contributed by atoms with van der Waals surface area (Å²) in [4.78, 5) is 23.5. The number of likely N-dealkylation sites (tertiary alicyclic amines) is 1. The molecule has 1 aromatic rings. The highest BCUT2D eigenvalue weighted by atomic mass is 16.5. The molecule has 1 amide bonds. The summed E-state index contributed by atoms with van der Waals surface area (Å²) < 4.78 is 4.90. The first-order chi connectivity index (χ1) is 13.2. The first-order valence-electron chi connectivity index (χ1n) is 10.0. The minimum Gasteiger partial charge on any atom is -0.364 e. The monoisotopic (exact) mass is 376 g/mol. The third-order valence-electron chi connectivity index (χ3n) is 5.51. The maximum Gasteiger partial charge on any atom is 0.224 e. The van der Waals surface area contributed by atoms with Crippen LogP contribution < -0.4 is 5.32 Å². The van der Waals surface area contributed by atoms with Crippen LogP contribution in [0.5, 0.6) is 0 Å². The highest BCUT2D eigenvalue weighted by Gasteiger charge is 2.23. The number of aromatic nitrogens is 1. The van der Waals surface area contributed by atoms with Gasteiger partial charge in [-0.25, -0.2) is 0 Å². The number of piperazine rings is 1. The fourth-order valence-corrected chi connectivity index (χ4v) is 3.89. The van der Waals surface area contributed by atoms with Gasteiger partial charge in [0.05, 0.1) is 5.69 Å². The summed E-state index contributed by atoms with van der Waals surface area (Å²) in [5.74, 6) is 1.14. The van der Waals surface area contributed by atoms with Crippen molar-refractivity contribution in [3.05, 3.63) is 18.0 Å². The van der Waals surface area contributed by atoms with E-state index >= 15 is 0 Å². The van der Waals surface area contributed by atoms with Crippen LogP contribution in [0.1, 0.15) is 38.3 Å². The number of carbonyl (C=O) groups is 1. The summed E-state index contributed by atoms with van der Waals surface area (Å²) >= 11 is 0. The molecule has 8 heteroatoms. The molecule has 27 heavy (non-hydrogen) atoms. The minimum atomic E-state index is 0.252. The van der Waals surface area contributed by atoms with Crippen LogP contribution >= 0.6 is 0 Å². The van der Waals surface area contributed by atoms with Crippen molar-refractivity contribution in [2.24, 2.45) is 4.99 Å². The van der Waals surface area contributed by atoms with Crippen molar-refractivity contribution in [2.75, 3.05) is 46.3 Å². The van der Waals surface area contributed by atoms with Gasteiger partial charge in [-0.1, -0.05) is 5.16 Å². The molecule has 0 aromatic carbocycles. The highest BCUT2D eigenvalue weighted by molar-refractivity contribution is 5.81. The topological polar surface area (TPSA) is 77.2 Å². The standard InChI is InChI=1S/C19H32N6O2/c1-16-5-3-4-9-25(16)18(26)6-8-21-19(20-2)24-12-10-23(11-13-24)15-17-7-14-27-22-17/h7,14,16H,3-6,8-13,15H2,1-2H3,(H,20,21). The number of hydrogen-bond acceptors (Lipinski definition) is 5. The van der Waals surface area contributed by atoms with Crippen molar-refractivity contribution in [2.45, 2.75) is 45.2 Å². The molecular weight excluding hydrogens is 344 g/mol. The number of nitrogens with zero attached hydrogens (tertiary/aromatic N) is 5. The molecule has 1 unspecified atom stereocenters. The maximum absolute atomic E-state index is 12.5. The van der Waals surface area contributed by atoms with Gasteiger partial charge in [0.15, 0.2) is 5.96 Å². The van der Waals surface area contributed by atoms with Crippen molar-refractivity contribution < 1.29 is 9.32 Å². The van der Waals surface area contributed by atoms with Crippen molar-refractivity contribution in [1.29, 1.82) is 0 Å². The molecule has 2 aliphatic rings. The van der Waals surface area contributed by atoms with Crippen molar-refractivity contribution in [3.8, 4) is 0 Å². The molecule has 0 saturated carbocycles. The number of carbonyl (C=O) groups excluding carboxylic acids is 1. The van der Waals surface area contributed by atoms with Crippen LogP contribution in [-0.2, 0) is 11.3 Å². The molecular formula is C19H32N6O2. The van der Waals surface area contributed by atoms with E-state index in [2.05, 4.69) is 32.2 Å². The Morgan fingerprint density at radius 1 is 1.30 bits per heavy atom. The fraction of sp³-hybridized carbons (Fsp3) is 0.737. The molecule has 0 spiro atoms. The number of piperidine rings is 1. The normalized spacial score (nSPS) is 22.1. The molecule has 1 aromatic heterocycles. The van der Waals surface area contributed by atoms with Gasteiger partial charge in [0.2, 0.25) is 5.91 Å². The van der Waals surface area contributed by atoms with Gasteiger partial charge in [-0.15, -0.1) is 0 Å². The second-order valence-corrected chi connectivity index (χ2v) is 7.41. The molecule has 1 atom stereocenters. The molecule has 8 nitrogen and oxygen atoms in total. The number of aliphatic imine (C=N–C) groups is 1. The van der Waals surface area contributed by atoms with E-state index in [1.807, 2.05) is 11.0 Å². The largest absolute Gasteiger partial charge is 0.364 e. The molecule has 0 radical (unpaired) electrons. The molecule has 3 heterocycles.